The Morgan fingerprint density at radius 1 is 1.26 bits per heavy atom. The maximum absolute atomic E-state index is 12.8. The topological polar surface area (TPSA) is 61.6 Å². The lowest BCUT2D eigenvalue weighted by molar-refractivity contribution is -0.123. The van der Waals surface area contributed by atoms with Gasteiger partial charge in [0.15, 0.2) is 0 Å². The molecule has 1 aliphatic rings. The number of nitrogens with two attached hydrogens (primary N) is 1. The third kappa shape index (κ3) is 4.45. The quantitative estimate of drug-likeness (QED) is 0.816. The van der Waals surface area contributed by atoms with Crippen LogP contribution in [0.2, 0.25) is 0 Å². The molecule has 1 aromatic rings. The smallest absolute Gasteiger partial charge is 0.241 e. The second-order valence-electron chi connectivity index (χ2n) is 6.78. The molecular formula is C18H30N4O. The molecule has 5 heteroatoms. The molecule has 128 valence electrons. The van der Waals surface area contributed by atoms with E-state index in [9.17, 15) is 4.79 Å². The standard InChI is InChI=1S/C18H30N4O/c1-5-14-6-7-15(12-16(14)19)20-18(23)17(13(2)3)22-10-8-21(4)9-11-22/h6-7,12-13,17H,5,8-11,19H2,1-4H3,(H,20,23). The monoisotopic (exact) mass is 318 g/mol. The highest BCUT2D eigenvalue weighted by Gasteiger charge is 2.30. The highest BCUT2D eigenvalue weighted by Crippen LogP contribution is 2.21. The highest BCUT2D eigenvalue weighted by molar-refractivity contribution is 5.95. The van der Waals surface area contributed by atoms with Gasteiger partial charge >= 0.3 is 0 Å². The van der Waals surface area contributed by atoms with Crippen LogP contribution in [0.5, 0.6) is 0 Å². The molecule has 1 aliphatic heterocycles. The summed E-state index contributed by atoms with van der Waals surface area (Å²) >= 11 is 0. The zero-order valence-corrected chi connectivity index (χ0v) is 14.8. The lowest BCUT2D eigenvalue weighted by atomic mass is 10.0. The number of amides is 1. The minimum Gasteiger partial charge on any atom is -0.398 e. The third-order valence-corrected chi connectivity index (χ3v) is 4.63. The first-order chi connectivity index (χ1) is 10.9. The summed E-state index contributed by atoms with van der Waals surface area (Å²) in [6.45, 7) is 10.2. The second kappa shape index (κ2) is 7.79. The Labute approximate surface area is 139 Å². The Morgan fingerprint density at radius 3 is 2.43 bits per heavy atom. The lowest BCUT2D eigenvalue weighted by Crippen LogP contribution is -2.54. The first-order valence-electron chi connectivity index (χ1n) is 8.54. The fourth-order valence-corrected chi connectivity index (χ4v) is 3.20. The average molecular weight is 318 g/mol. The largest absolute Gasteiger partial charge is 0.398 e. The molecule has 1 aromatic carbocycles. The molecule has 5 nitrogen and oxygen atoms in total. The van der Waals surface area contributed by atoms with E-state index in [0.29, 0.717) is 0 Å². The van der Waals surface area contributed by atoms with Crippen molar-refractivity contribution < 1.29 is 4.79 Å². The molecule has 23 heavy (non-hydrogen) atoms. The number of nitrogen functional groups attached to an aromatic ring is 1. The number of piperazine rings is 1. The molecule has 1 heterocycles. The molecular weight excluding hydrogens is 288 g/mol. The van der Waals surface area contributed by atoms with Crippen molar-refractivity contribution in [2.24, 2.45) is 5.92 Å². The highest BCUT2D eigenvalue weighted by atomic mass is 16.2. The van der Waals surface area contributed by atoms with E-state index in [4.69, 9.17) is 5.73 Å². The number of anilines is 2. The Hall–Kier alpha value is -1.59. The summed E-state index contributed by atoms with van der Waals surface area (Å²) in [5.41, 5.74) is 8.67. The number of rotatable bonds is 5. The van der Waals surface area contributed by atoms with Crippen LogP contribution in [0.1, 0.15) is 26.3 Å². The van der Waals surface area contributed by atoms with E-state index in [1.807, 2.05) is 18.2 Å². The van der Waals surface area contributed by atoms with Crippen molar-refractivity contribution in [3.8, 4) is 0 Å². The van der Waals surface area contributed by atoms with E-state index < -0.39 is 0 Å². The fourth-order valence-electron chi connectivity index (χ4n) is 3.20. The van der Waals surface area contributed by atoms with Crippen molar-refractivity contribution >= 4 is 17.3 Å². The fraction of sp³-hybridized carbons (Fsp3) is 0.611. The van der Waals surface area contributed by atoms with Gasteiger partial charge in [0.1, 0.15) is 0 Å². The number of hydrogen-bond donors (Lipinski definition) is 2. The van der Waals surface area contributed by atoms with Gasteiger partial charge in [-0.15, -0.1) is 0 Å². The number of nitrogens with zero attached hydrogens (tertiary/aromatic N) is 2. The van der Waals surface area contributed by atoms with Crippen LogP contribution in [0.15, 0.2) is 18.2 Å². The zero-order chi connectivity index (χ0) is 17.0. The molecule has 1 saturated heterocycles. The number of aryl methyl sites for hydroxylation is 1. The molecule has 0 saturated carbocycles. The van der Waals surface area contributed by atoms with Gasteiger partial charge in [-0.3, -0.25) is 9.69 Å². The van der Waals surface area contributed by atoms with Crippen LogP contribution >= 0.6 is 0 Å². The second-order valence-corrected chi connectivity index (χ2v) is 6.78. The SMILES string of the molecule is CCc1ccc(NC(=O)C(C(C)C)N2CCN(C)CC2)cc1N. The van der Waals surface area contributed by atoms with E-state index in [2.05, 4.69) is 42.9 Å². The van der Waals surface area contributed by atoms with Crippen LogP contribution in [-0.4, -0.2) is 55.0 Å². The summed E-state index contributed by atoms with van der Waals surface area (Å²) < 4.78 is 0. The summed E-state index contributed by atoms with van der Waals surface area (Å²) in [5.74, 6) is 0.332. The summed E-state index contributed by atoms with van der Waals surface area (Å²) in [5, 5.41) is 3.05. The van der Waals surface area contributed by atoms with Gasteiger partial charge in [-0.05, 0) is 37.1 Å². The van der Waals surface area contributed by atoms with Crippen molar-refractivity contribution in [2.45, 2.75) is 33.2 Å². The lowest BCUT2D eigenvalue weighted by Gasteiger charge is -2.38. The summed E-state index contributed by atoms with van der Waals surface area (Å²) in [6, 6.07) is 5.69. The van der Waals surface area contributed by atoms with Crippen molar-refractivity contribution in [3.63, 3.8) is 0 Å². The van der Waals surface area contributed by atoms with Gasteiger partial charge in [-0.2, -0.15) is 0 Å². The minimum atomic E-state index is -0.101. The molecule has 0 spiro atoms. The molecule has 2 rings (SSSR count). The molecule has 0 aromatic heterocycles. The van der Waals surface area contributed by atoms with Crippen LogP contribution in [-0.2, 0) is 11.2 Å². The zero-order valence-electron chi connectivity index (χ0n) is 14.8. The van der Waals surface area contributed by atoms with Gasteiger partial charge in [0, 0.05) is 37.6 Å². The molecule has 0 aliphatic carbocycles. The van der Waals surface area contributed by atoms with Crippen LogP contribution in [0, 0.1) is 5.92 Å². The predicted molar refractivity (Wildman–Crippen MR) is 96.6 cm³/mol. The minimum absolute atomic E-state index is 0.0631. The number of likely N-dealkylation sites (N-methyl/N-ethyl adjacent to an activating group) is 1. The van der Waals surface area contributed by atoms with Gasteiger partial charge in [0.25, 0.3) is 0 Å². The van der Waals surface area contributed by atoms with E-state index >= 15 is 0 Å². The first-order valence-corrected chi connectivity index (χ1v) is 8.54. The normalized spacial score (nSPS) is 18.1. The van der Waals surface area contributed by atoms with Gasteiger partial charge in [0.2, 0.25) is 5.91 Å². The number of benzene rings is 1. The van der Waals surface area contributed by atoms with Gasteiger partial charge in [-0.1, -0.05) is 26.8 Å². The average Bonchev–Trinajstić information content (AvgIpc) is 2.49. The van der Waals surface area contributed by atoms with Gasteiger partial charge in [0.05, 0.1) is 6.04 Å². The van der Waals surface area contributed by atoms with Crippen molar-refractivity contribution in [1.29, 1.82) is 0 Å². The van der Waals surface area contributed by atoms with E-state index in [1.165, 1.54) is 0 Å². The van der Waals surface area contributed by atoms with E-state index in [-0.39, 0.29) is 17.9 Å². The Balaban J connectivity index is 2.08. The molecule has 1 unspecified atom stereocenters. The van der Waals surface area contributed by atoms with Gasteiger partial charge in [-0.25, -0.2) is 0 Å². The molecule has 1 amide bonds. The van der Waals surface area contributed by atoms with E-state index in [1.54, 1.807) is 0 Å². The number of nitrogens with one attached hydrogen (secondary N) is 1. The molecule has 0 bridgehead atoms. The Morgan fingerprint density at radius 2 is 1.91 bits per heavy atom. The maximum Gasteiger partial charge on any atom is 0.241 e. The number of carbonyl (C=O) groups is 1. The first kappa shape index (κ1) is 17.8. The van der Waals surface area contributed by atoms with Crippen molar-refractivity contribution in [2.75, 3.05) is 44.3 Å². The Kier molecular flexibility index (Phi) is 6.02. The van der Waals surface area contributed by atoms with Crippen LogP contribution < -0.4 is 11.1 Å². The predicted octanol–water partition coefficient (Wildman–Crippen LogP) is 2.04. The third-order valence-electron chi connectivity index (χ3n) is 4.63. The van der Waals surface area contributed by atoms with Crippen molar-refractivity contribution in [1.82, 2.24) is 9.80 Å². The van der Waals surface area contributed by atoms with Crippen LogP contribution in [0.25, 0.3) is 0 Å². The molecule has 0 radical (unpaired) electrons. The number of hydrogen-bond acceptors (Lipinski definition) is 4. The van der Waals surface area contributed by atoms with Crippen molar-refractivity contribution in [3.05, 3.63) is 23.8 Å². The van der Waals surface area contributed by atoms with Crippen LogP contribution in [0.3, 0.4) is 0 Å². The number of carbonyl (C=O) groups excluding carboxylic acids is 1. The maximum atomic E-state index is 12.8. The molecule has 3 N–H and O–H groups in total. The van der Waals surface area contributed by atoms with Gasteiger partial charge < -0.3 is 16.0 Å². The summed E-state index contributed by atoms with van der Waals surface area (Å²) in [6.07, 6.45) is 0.899. The Bertz CT molecular complexity index is 536. The molecule has 1 fully saturated rings. The summed E-state index contributed by atoms with van der Waals surface area (Å²) in [7, 11) is 2.12. The summed E-state index contributed by atoms with van der Waals surface area (Å²) in [4.78, 5) is 17.4. The molecule has 1 atom stereocenters. The van der Waals surface area contributed by atoms with E-state index in [0.717, 1.165) is 49.5 Å². The van der Waals surface area contributed by atoms with Crippen LogP contribution in [0.4, 0.5) is 11.4 Å².